The lowest BCUT2D eigenvalue weighted by molar-refractivity contribution is -0.118. The Balaban J connectivity index is 1.54. The van der Waals surface area contributed by atoms with Crippen molar-refractivity contribution in [2.45, 2.75) is 6.92 Å². The zero-order valence-electron chi connectivity index (χ0n) is 16.6. The molecule has 3 aromatic carbocycles. The van der Waals surface area contributed by atoms with Crippen LogP contribution in [0.5, 0.6) is 5.75 Å². The summed E-state index contributed by atoms with van der Waals surface area (Å²) in [5.41, 5.74) is 2.13. The highest BCUT2D eigenvalue weighted by atomic mass is 16.5. The summed E-state index contributed by atoms with van der Waals surface area (Å²) in [5.74, 6) is -0.153. The summed E-state index contributed by atoms with van der Waals surface area (Å²) in [6, 6.07) is 22.3. The third-order valence-corrected chi connectivity index (χ3v) is 4.27. The Kier molecular flexibility index (Phi) is 6.95. The Morgan fingerprint density at radius 2 is 1.47 bits per heavy atom. The molecule has 0 radical (unpaired) electrons. The van der Waals surface area contributed by atoms with Gasteiger partial charge in [0.25, 0.3) is 11.8 Å². The first-order chi connectivity index (χ1) is 14.6. The Hall–Kier alpha value is -3.93. The van der Waals surface area contributed by atoms with Crippen LogP contribution in [-0.2, 0) is 4.79 Å². The van der Waals surface area contributed by atoms with Gasteiger partial charge in [0.15, 0.2) is 12.4 Å². The number of benzene rings is 3. The van der Waals surface area contributed by atoms with Crippen LogP contribution in [0.15, 0.2) is 78.9 Å². The molecule has 0 fully saturated rings. The van der Waals surface area contributed by atoms with Crippen LogP contribution in [-0.4, -0.2) is 30.7 Å². The summed E-state index contributed by atoms with van der Waals surface area (Å²) in [4.78, 5) is 36.5. The summed E-state index contributed by atoms with van der Waals surface area (Å²) in [7, 11) is 0. The van der Waals surface area contributed by atoms with Crippen molar-refractivity contribution in [2.24, 2.45) is 0 Å². The number of rotatable bonds is 8. The van der Waals surface area contributed by atoms with Crippen molar-refractivity contribution in [2.75, 3.05) is 18.5 Å². The summed E-state index contributed by atoms with van der Waals surface area (Å²) >= 11 is 0. The van der Waals surface area contributed by atoms with Crippen LogP contribution < -0.4 is 15.4 Å². The average molecular weight is 402 g/mol. The highest BCUT2D eigenvalue weighted by Crippen LogP contribution is 2.16. The van der Waals surface area contributed by atoms with E-state index in [1.54, 1.807) is 60.7 Å². The van der Waals surface area contributed by atoms with E-state index in [1.165, 1.54) is 0 Å². The molecule has 0 aromatic heterocycles. The number of ether oxygens (including phenoxy) is 1. The summed E-state index contributed by atoms with van der Waals surface area (Å²) < 4.78 is 5.49. The highest BCUT2D eigenvalue weighted by molar-refractivity contribution is 6.09. The first-order valence-electron chi connectivity index (χ1n) is 9.57. The van der Waals surface area contributed by atoms with E-state index in [2.05, 4.69) is 10.6 Å². The van der Waals surface area contributed by atoms with Gasteiger partial charge in [-0.15, -0.1) is 0 Å². The molecule has 3 aromatic rings. The molecular formula is C24H22N2O4. The van der Waals surface area contributed by atoms with E-state index in [9.17, 15) is 14.4 Å². The van der Waals surface area contributed by atoms with Gasteiger partial charge in [0, 0.05) is 28.9 Å². The zero-order chi connectivity index (χ0) is 21.3. The third-order valence-electron chi connectivity index (χ3n) is 4.27. The van der Waals surface area contributed by atoms with E-state index in [-0.39, 0.29) is 24.2 Å². The number of nitrogens with one attached hydrogen (secondary N) is 2. The lowest BCUT2D eigenvalue weighted by Gasteiger charge is -2.09. The number of ketones is 1. The average Bonchev–Trinajstić information content (AvgIpc) is 2.78. The second-order valence-corrected chi connectivity index (χ2v) is 6.50. The van der Waals surface area contributed by atoms with Crippen LogP contribution in [0.3, 0.4) is 0 Å². The molecule has 0 bridgehead atoms. The van der Waals surface area contributed by atoms with Crippen molar-refractivity contribution >= 4 is 23.3 Å². The Morgan fingerprint density at radius 1 is 0.800 bits per heavy atom. The van der Waals surface area contributed by atoms with Crippen molar-refractivity contribution in [3.8, 4) is 5.75 Å². The molecule has 0 saturated heterocycles. The lowest BCUT2D eigenvalue weighted by Crippen LogP contribution is -2.23. The van der Waals surface area contributed by atoms with Gasteiger partial charge < -0.3 is 15.4 Å². The van der Waals surface area contributed by atoms with Gasteiger partial charge >= 0.3 is 0 Å². The van der Waals surface area contributed by atoms with Crippen LogP contribution in [0, 0.1) is 0 Å². The number of amides is 2. The minimum atomic E-state index is -0.354. The number of anilines is 1. The molecule has 3 rings (SSSR count). The lowest BCUT2D eigenvalue weighted by atomic mass is 10.0. The topological polar surface area (TPSA) is 84.5 Å². The second-order valence-electron chi connectivity index (χ2n) is 6.50. The first kappa shape index (κ1) is 20.8. The molecular weight excluding hydrogens is 380 g/mol. The summed E-state index contributed by atoms with van der Waals surface area (Å²) in [6.07, 6.45) is 0. The third kappa shape index (κ3) is 5.54. The molecule has 0 aliphatic carbocycles. The smallest absolute Gasteiger partial charge is 0.262 e. The highest BCUT2D eigenvalue weighted by Gasteiger charge is 2.10. The maximum absolute atomic E-state index is 12.4. The maximum Gasteiger partial charge on any atom is 0.262 e. The van der Waals surface area contributed by atoms with Crippen molar-refractivity contribution in [3.63, 3.8) is 0 Å². The molecule has 2 amide bonds. The standard InChI is InChI=1S/C24H22N2O4/c1-2-25-24(29)19-9-6-10-20(15-19)26-22(27)16-30-21-13-11-18(12-14-21)23(28)17-7-4-3-5-8-17/h3-15H,2,16H2,1H3,(H,25,29)(H,26,27). The van der Waals surface area contributed by atoms with E-state index in [0.717, 1.165) is 0 Å². The van der Waals surface area contributed by atoms with Crippen LogP contribution in [0.1, 0.15) is 33.2 Å². The van der Waals surface area contributed by atoms with Crippen LogP contribution >= 0.6 is 0 Å². The van der Waals surface area contributed by atoms with Gasteiger partial charge in [0.05, 0.1) is 0 Å². The fraction of sp³-hybridized carbons (Fsp3) is 0.125. The number of carbonyl (C=O) groups is 3. The van der Waals surface area contributed by atoms with Gasteiger partial charge in [-0.1, -0.05) is 36.4 Å². The predicted molar refractivity (Wildman–Crippen MR) is 115 cm³/mol. The minimum absolute atomic E-state index is 0.0770. The summed E-state index contributed by atoms with van der Waals surface area (Å²) in [6.45, 7) is 2.17. The monoisotopic (exact) mass is 402 g/mol. The van der Waals surface area contributed by atoms with Crippen molar-refractivity contribution in [3.05, 3.63) is 95.6 Å². The quantitative estimate of drug-likeness (QED) is 0.563. The number of hydrogen-bond donors (Lipinski definition) is 2. The molecule has 0 atom stereocenters. The predicted octanol–water partition coefficient (Wildman–Crippen LogP) is 3.68. The molecule has 30 heavy (non-hydrogen) atoms. The molecule has 0 spiro atoms. The van der Waals surface area contributed by atoms with Gasteiger partial charge in [-0.05, 0) is 49.4 Å². The van der Waals surface area contributed by atoms with E-state index in [4.69, 9.17) is 4.74 Å². The van der Waals surface area contributed by atoms with Gasteiger partial charge in [0.2, 0.25) is 0 Å². The molecule has 6 heteroatoms. The summed E-state index contributed by atoms with van der Waals surface area (Å²) in [5, 5.41) is 5.41. The molecule has 0 aliphatic heterocycles. The minimum Gasteiger partial charge on any atom is -0.484 e. The molecule has 2 N–H and O–H groups in total. The largest absolute Gasteiger partial charge is 0.484 e. The zero-order valence-corrected chi connectivity index (χ0v) is 16.6. The SMILES string of the molecule is CCNC(=O)c1cccc(NC(=O)COc2ccc(C(=O)c3ccccc3)cc2)c1. The molecule has 0 unspecified atom stereocenters. The second kappa shape index (κ2) is 10.0. The van der Waals surface area contributed by atoms with Gasteiger partial charge in [0.1, 0.15) is 5.75 Å². The van der Waals surface area contributed by atoms with Crippen LogP contribution in [0.4, 0.5) is 5.69 Å². The Labute approximate surface area is 174 Å². The maximum atomic E-state index is 12.4. The fourth-order valence-electron chi connectivity index (χ4n) is 2.81. The molecule has 0 heterocycles. The Bertz CT molecular complexity index is 1030. The molecule has 0 aliphatic rings. The van der Waals surface area contributed by atoms with E-state index in [0.29, 0.717) is 34.7 Å². The van der Waals surface area contributed by atoms with Crippen LogP contribution in [0.25, 0.3) is 0 Å². The number of hydrogen-bond acceptors (Lipinski definition) is 4. The van der Waals surface area contributed by atoms with Crippen molar-refractivity contribution in [1.82, 2.24) is 5.32 Å². The van der Waals surface area contributed by atoms with E-state index in [1.807, 2.05) is 25.1 Å². The van der Waals surface area contributed by atoms with Gasteiger partial charge in [-0.25, -0.2) is 0 Å². The van der Waals surface area contributed by atoms with E-state index >= 15 is 0 Å². The van der Waals surface area contributed by atoms with Crippen molar-refractivity contribution < 1.29 is 19.1 Å². The fourth-order valence-corrected chi connectivity index (χ4v) is 2.81. The Morgan fingerprint density at radius 3 is 2.17 bits per heavy atom. The van der Waals surface area contributed by atoms with Gasteiger partial charge in [-0.3, -0.25) is 14.4 Å². The van der Waals surface area contributed by atoms with Crippen LogP contribution in [0.2, 0.25) is 0 Å². The molecule has 152 valence electrons. The first-order valence-corrected chi connectivity index (χ1v) is 9.57. The normalized spacial score (nSPS) is 10.2. The molecule has 6 nitrogen and oxygen atoms in total. The van der Waals surface area contributed by atoms with E-state index < -0.39 is 0 Å². The van der Waals surface area contributed by atoms with Gasteiger partial charge in [-0.2, -0.15) is 0 Å². The van der Waals surface area contributed by atoms with Crippen molar-refractivity contribution in [1.29, 1.82) is 0 Å². The number of carbonyl (C=O) groups excluding carboxylic acids is 3. The molecule has 0 saturated carbocycles.